The van der Waals surface area contributed by atoms with Gasteiger partial charge < -0.3 is 10.6 Å². The average molecular weight is 221 g/mol. The molecule has 0 fully saturated rings. The molecule has 0 spiro atoms. The molecule has 2 rings (SSSR count). The van der Waals surface area contributed by atoms with E-state index in [2.05, 4.69) is 25.6 Å². The fourth-order valence-electron chi connectivity index (χ4n) is 1.08. The van der Waals surface area contributed by atoms with Crippen molar-refractivity contribution in [3.63, 3.8) is 0 Å². The second-order valence-corrected chi connectivity index (χ2v) is 3.88. The minimum atomic E-state index is 0.590. The number of rotatable bonds is 3. The predicted octanol–water partition coefficient (Wildman–Crippen LogP) is 2.03. The molecule has 78 valence electrons. The van der Waals surface area contributed by atoms with Crippen LogP contribution in [0.25, 0.3) is 0 Å². The Labute approximate surface area is 91.6 Å². The van der Waals surface area contributed by atoms with Crippen LogP contribution in [0.1, 0.15) is 5.69 Å². The zero-order valence-electron chi connectivity index (χ0n) is 8.48. The molecular formula is C9H11N5S. The van der Waals surface area contributed by atoms with Crippen molar-refractivity contribution in [1.29, 1.82) is 0 Å². The first-order chi connectivity index (χ1) is 7.29. The Hall–Kier alpha value is -1.69. The highest BCUT2D eigenvalue weighted by Gasteiger charge is 2.06. The van der Waals surface area contributed by atoms with Gasteiger partial charge in [0.15, 0.2) is 5.13 Å². The van der Waals surface area contributed by atoms with Crippen molar-refractivity contribution in [3.05, 3.63) is 24.2 Å². The highest BCUT2D eigenvalue weighted by atomic mass is 32.1. The van der Waals surface area contributed by atoms with Gasteiger partial charge in [-0.25, -0.2) is 15.0 Å². The van der Waals surface area contributed by atoms with Gasteiger partial charge in [0.25, 0.3) is 0 Å². The van der Waals surface area contributed by atoms with Crippen LogP contribution in [0.15, 0.2) is 18.5 Å². The van der Waals surface area contributed by atoms with Crippen molar-refractivity contribution in [2.24, 2.45) is 0 Å². The lowest BCUT2D eigenvalue weighted by Gasteiger charge is -2.00. The Morgan fingerprint density at radius 2 is 2.00 bits per heavy atom. The van der Waals surface area contributed by atoms with E-state index in [0.29, 0.717) is 5.95 Å². The summed E-state index contributed by atoms with van der Waals surface area (Å²) in [4.78, 5) is 12.5. The summed E-state index contributed by atoms with van der Waals surface area (Å²) < 4.78 is 0. The van der Waals surface area contributed by atoms with Gasteiger partial charge in [-0.15, -0.1) is 0 Å². The van der Waals surface area contributed by atoms with Crippen LogP contribution < -0.4 is 10.6 Å². The fourth-order valence-corrected chi connectivity index (χ4v) is 1.90. The quantitative estimate of drug-likeness (QED) is 0.830. The number of nitrogens with one attached hydrogen (secondary N) is 2. The predicted molar refractivity (Wildman–Crippen MR) is 61.7 cm³/mol. The van der Waals surface area contributed by atoms with Crippen LogP contribution >= 0.6 is 11.3 Å². The number of hydrogen-bond acceptors (Lipinski definition) is 6. The Morgan fingerprint density at radius 3 is 2.60 bits per heavy atom. The van der Waals surface area contributed by atoms with E-state index in [-0.39, 0.29) is 0 Å². The van der Waals surface area contributed by atoms with Crippen LogP contribution in [0.2, 0.25) is 0 Å². The normalized spacial score (nSPS) is 10.0. The van der Waals surface area contributed by atoms with Gasteiger partial charge in [0.1, 0.15) is 5.00 Å². The van der Waals surface area contributed by atoms with Gasteiger partial charge in [0.05, 0.1) is 5.69 Å². The van der Waals surface area contributed by atoms with E-state index in [1.807, 2.05) is 14.0 Å². The Morgan fingerprint density at radius 1 is 1.27 bits per heavy atom. The number of thiazole rings is 1. The maximum atomic E-state index is 4.31. The van der Waals surface area contributed by atoms with Crippen LogP contribution in [0.3, 0.4) is 0 Å². The van der Waals surface area contributed by atoms with Gasteiger partial charge >= 0.3 is 0 Å². The number of aromatic nitrogens is 3. The van der Waals surface area contributed by atoms with E-state index in [1.165, 1.54) is 0 Å². The largest absolute Gasteiger partial charge is 0.365 e. The average Bonchev–Trinajstić information content (AvgIpc) is 2.61. The maximum Gasteiger partial charge on any atom is 0.227 e. The highest BCUT2D eigenvalue weighted by molar-refractivity contribution is 7.19. The first-order valence-electron chi connectivity index (χ1n) is 4.49. The third kappa shape index (κ3) is 2.21. The van der Waals surface area contributed by atoms with Gasteiger partial charge in [-0.3, -0.25) is 0 Å². The summed E-state index contributed by atoms with van der Waals surface area (Å²) in [6.45, 7) is 1.95. The first kappa shape index (κ1) is 9.85. The molecule has 0 amide bonds. The molecule has 0 bridgehead atoms. The van der Waals surface area contributed by atoms with Gasteiger partial charge in [0, 0.05) is 19.4 Å². The van der Waals surface area contributed by atoms with Gasteiger partial charge in [-0.1, -0.05) is 11.3 Å². The molecule has 0 aliphatic heterocycles. The standard InChI is InChI=1S/C9H11N5S/c1-6-7(15-9(10-2)13-6)14-8-11-4-3-5-12-8/h3-5H,1-2H3,(H,10,13)(H,11,12,14). The zero-order valence-corrected chi connectivity index (χ0v) is 9.30. The van der Waals surface area contributed by atoms with Crippen molar-refractivity contribution >= 4 is 27.4 Å². The van der Waals surface area contributed by atoms with Crippen molar-refractivity contribution in [2.75, 3.05) is 17.7 Å². The third-order valence-corrected chi connectivity index (χ3v) is 2.89. The molecule has 0 unspecified atom stereocenters. The minimum absolute atomic E-state index is 0.590. The molecule has 15 heavy (non-hydrogen) atoms. The SMILES string of the molecule is CNc1nc(C)c(Nc2ncccn2)s1. The Kier molecular flexibility index (Phi) is 2.77. The molecule has 2 N–H and O–H groups in total. The van der Waals surface area contributed by atoms with Crippen LogP contribution in [-0.2, 0) is 0 Å². The molecule has 0 aromatic carbocycles. The monoisotopic (exact) mass is 221 g/mol. The van der Waals surface area contributed by atoms with Crippen molar-refractivity contribution in [2.45, 2.75) is 6.92 Å². The molecule has 5 nitrogen and oxygen atoms in total. The third-order valence-electron chi connectivity index (χ3n) is 1.80. The molecule has 2 heterocycles. The number of nitrogens with zero attached hydrogens (tertiary/aromatic N) is 3. The van der Waals surface area contributed by atoms with Crippen molar-refractivity contribution in [3.8, 4) is 0 Å². The maximum absolute atomic E-state index is 4.31. The number of anilines is 3. The molecule has 0 atom stereocenters. The second kappa shape index (κ2) is 4.22. The molecule has 0 aliphatic rings. The molecule has 0 saturated heterocycles. The van der Waals surface area contributed by atoms with Crippen LogP contribution in [0, 0.1) is 6.92 Å². The molecule has 2 aromatic heterocycles. The molecular weight excluding hydrogens is 210 g/mol. The Bertz CT molecular complexity index is 439. The summed E-state index contributed by atoms with van der Waals surface area (Å²) in [5.74, 6) is 0.590. The summed E-state index contributed by atoms with van der Waals surface area (Å²) in [6, 6.07) is 1.78. The van der Waals surface area contributed by atoms with E-state index in [9.17, 15) is 0 Å². The van der Waals surface area contributed by atoms with Gasteiger partial charge in [-0.2, -0.15) is 0 Å². The summed E-state index contributed by atoms with van der Waals surface area (Å²) in [6.07, 6.45) is 3.40. The lowest BCUT2D eigenvalue weighted by atomic mass is 10.5. The molecule has 0 radical (unpaired) electrons. The summed E-state index contributed by atoms with van der Waals surface area (Å²) in [7, 11) is 1.85. The minimum Gasteiger partial charge on any atom is -0.365 e. The van der Waals surface area contributed by atoms with Crippen molar-refractivity contribution < 1.29 is 0 Å². The first-order valence-corrected chi connectivity index (χ1v) is 5.30. The van der Waals surface area contributed by atoms with E-state index in [0.717, 1.165) is 15.8 Å². The van der Waals surface area contributed by atoms with E-state index in [4.69, 9.17) is 0 Å². The van der Waals surface area contributed by atoms with Gasteiger partial charge in [-0.05, 0) is 13.0 Å². The smallest absolute Gasteiger partial charge is 0.227 e. The van der Waals surface area contributed by atoms with Crippen molar-refractivity contribution in [1.82, 2.24) is 15.0 Å². The molecule has 2 aromatic rings. The van der Waals surface area contributed by atoms with Crippen LogP contribution in [-0.4, -0.2) is 22.0 Å². The zero-order chi connectivity index (χ0) is 10.7. The topological polar surface area (TPSA) is 62.7 Å². The van der Waals surface area contributed by atoms with E-state index < -0.39 is 0 Å². The van der Waals surface area contributed by atoms with E-state index in [1.54, 1.807) is 29.8 Å². The molecule has 6 heteroatoms. The summed E-state index contributed by atoms with van der Waals surface area (Å²) in [5.41, 5.74) is 0.941. The number of aryl methyl sites for hydroxylation is 1. The lowest BCUT2D eigenvalue weighted by molar-refractivity contribution is 1.16. The van der Waals surface area contributed by atoms with E-state index >= 15 is 0 Å². The second-order valence-electron chi connectivity index (χ2n) is 2.88. The lowest BCUT2D eigenvalue weighted by Crippen LogP contribution is -1.94. The summed E-state index contributed by atoms with van der Waals surface area (Å²) in [5, 5.41) is 7.97. The highest BCUT2D eigenvalue weighted by Crippen LogP contribution is 2.28. The van der Waals surface area contributed by atoms with Crippen LogP contribution in [0.5, 0.6) is 0 Å². The Balaban J connectivity index is 2.21. The van der Waals surface area contributed by atoms with Crippen LogP contribution in [0.4, 0.5) is 16.1 Å². The molecule has 0 saturated carbocycles. The molecule has 0 aliphatic carbocycles. The number of hydrogen-bond donors (Lipinski definition) is 2. The summed E-state index contributed by atoms with van der Waals surface area (Å²) >= 11 is 1.54. The van der Waals surface area contributed by atoms with Gasteiger partial charge in [0.2, 0.25) is 5.95 Å². The fraction of sp³-hybridized carbons (Fsp3) is 0.222.